The second kappa shape index (κ2) is 9.00. The molecule has 172 valence electrons. The quantitative estimate of drug-likeness (QED) is 0.311. The second-order valence-electron chi connectivity index (χ2n) is 7.75. The minimum atomic E-state index is -0.184. The molecular formula is C24H21ClN6O2S. The van der Waals surface area contributed by atoms with Gasteiger partial charge in [-0.25, -0.2) is 4.68 Å². The zero-order valence-electron chi connectivity index (χ0n) is 18.8. The third-order valence-corrected chi connectivity index (χ3v) is 6.80. The van der Waals surface area contributed by atoms with Crippen LogP contribution in [0.5, 0.6) is 0 Å². The van der Waals surface area contributed by atoms with Crippen LogP contribution in [0.25, 0.3) is 22.8 Å². The highest BCUT2D eigenvalue weighted by Gasteiger charge is 2.26. The van der Waals surface area contributed by atoms with Crippen LogP contribution in [0, 0.1) is 13.8 Å². The van der Waals surface area contributed by atoms with Crippen molar-refractivity contribution in [3.05, 3.63) is 93.2 Å². The predicted molar refractivity (Wildman–Crippen MR) is 132 cm³/mol. The molecule has 0 N–H and O–H groups in total. The molecule has 0 saturated carbocycles. The van der Waals surface area contributed by atoms with Crippen molar-refractivity contribution >= 4 is 23.4 Å². The zero-order valence-corrected chi connectivity index (χ0v) is 20.3. The standard InChI is InChI=1S/C24H21ClN6O2S/c1-15-13-18(33-28-15)14-34-24-27-26-22(19-11-7-8-12-20(19)25)30(24)21-16(2)29(3)31(23(21)32)17-9-5-4-6-10-17/h4-13H,14H2,1-3H3. The molecule has 0 fully saturated rings. The van der Waals surface area contributed by atoms with Crippen molar-refractivity contribution in [2.45, 2.75) is 24.8 Å². The third-order valence-electron chi connectivity index (χ3n) is 5.52. The summed E-state index contributed by atoms with van der Waals surface area (Å²) in [5.74, 6) is 1.69. The lowest BCUT2D eigenvalue weighted by molar-refractivity contribution is 0.391. The summed E-state index contributed by atoms with van der Waals surface area (Å²) in [6.07, 6.45) is 0. The number of para-hydroxylation sites is 1. The lowest BCUT2D eigenvalue weighted by Gasteiger charge is -2.10. The Balaban J connectivity index is 1.70. The van der Waals surface area contributed by atoms with E-state index >= 15 is 0 Å². The summed E-state index contributed by atoms with van der Waals surface area (Å²) in [6, 6.07) is 18.8. The Labute approximate surface area is 204 Å². The van der Waals surface area contributed by atoms with E-state index < -0.39 is 0 Å². The second-order valence-corrected chi connectivity index (χ2v) is 9.10. The molecule has 0 aliphatic carbocycles. The van der Waals surface area contributed by atoms with Gasteiger partial charge in [0.25, 0.3) is 5.56 Å². The van der Waals surface area contributed by atoms with E-state index in [9.17, 15) is 4.79 Å². The largest absolute Gasteiger partial charge is 0.360 e. The van der Waals surface area contributed by atoms with Gasteiger partial charge >= 0.3 is 0 Å². The first-order valence-electron chi connectivity index (χ1n) is 10.6. The van der Waals surface area contributed by atoms with E-state index in [-0.39, 0.29) is 5.56 Å². The van der Waals surface area contributed by atoms with Gasteiger partial charge in [-0.05, 0) is 38.1 Å². The summed E-state index contributed by atoms with van der Waals surface area (Å²) in [5.41, 5.74) is 3.30. The highest BCUT2D eigenvalue weighted by Crippen LogP contribution is 2.33. The highest BCUT2D eigenvalue weighted by atomic mass is 35.5. The molecule has 0 spiro atoms. The van der Waals surface area contributed by atoms with Gasteiger partial charge in [0, 0.05) is 18.7 Å². The van der Waals surface area contributed by atoms with E-state index in [1.54, 1.807) is 15.3 Å². The van der Waals surface area contributed by atoms with Gasteiger partial charge in [-0.3, -0.25) is 14.0 Å². The SMILES string of the molecule is Cc1cc(CSc2nnc(-c3ccccc3Cl)n2-c2c(C)n(C)n(-c3ccccc3)c2=O)on1. The van der Waals surface area contributed by atoms with Crippen LogP contribution >= 0.6 is 23.4 Å². The number of aromatic nitrogens is 6. The fourth-order valence-corrected chi connectivity index (χ4v) is 4.85. The summed E-state index contributed by atoms with van der Waals surface area (Å²) >= 11 is 7.93. The minimum Gasteiger partial charge on any atom is -0.360 e. The summed E-state index contributed by atoms with van der Waals surface area (Å²) < 4.78 is 10.6. The van der Waals surface area contributed by atoms with Gasteiger partial charge in [-0.2, -0.15) is 0 Å². The van der Waals surface area contributed by atoms with Crippen LogP contribution in [-0.4, -0.2) is 29.3 Å². The van der Waals surface area contributed by atoms with Crippen LogP contribution in [0.1, 0.15) is 17.1 Å². The number of aryl methyl sites for hydroxylation is 1. The fourth-order valence-electron chi connectivity index (χ4n) is 3.81. The van der Waals surface area contributed by atoms with Crippen LogP contribution in [0.2, 0.25) is 5.02 Å². The van der Waals surface area contributed by atoms with E-state index in [2.05, 4.69) is 15.4 Å². The van der Waals surface area contributed by atoms with Crippen molar-refractivity contribution in [1.82, 2.24) is 29.3 Å². The topological polar surface area (TPSA) is 83.7 Å². The maximum atomic E-state index is 13.8. The Morgan fingerprint density at radius 3 is 2.47 bits per heavy atom. The van der Waals surface area contributed by atoms with Crippen molar-refractivity contribution in [3.63, 3.8) is 0 Å². The summed E-state index contributed by atoms with van der Waals surface area (Å²) in [5, 5.41) is 13.9. The maximum absolute atomic E-state index is 13.8. The Morgan fingerprint density at radius 1 is 1.03 bits per heavy atom. The van der Waals surface area contributed by atoms with Gasteiger partial charge in [0.15, 0.2) is 11.0 Å². The van der Waals surface area contributed by atoms with E-state index in [0.717, 1.165) is 17.1 Å². The van der Waals surface area contributed by atoms with Crippen LogP contribution in [0.15, 0.2) is 75.1 Å². The molecule has 0 radical (unpaired) electrons. The molecule has 8 nitrogen and oxygen atoms in total. The Kier molecular flexibility index (Phi) is 5.89. The van der Waals surface area contributed by atoms with Gasteiger partial charge in [0.1, 0.15) is 11.4 Å². The van der Waals surface area contributed by atoms with Crippen LogP contribution < -0.4 is 5.56 Å². The fraction of sp³-hybridized carbons (Fsp3) is 0.167. The van der Waals surface area contributed by atoms with Gasteiger partial charge in [0.2, 0.25) is 0 Å². The Morgan fingerprint density at radius 2 is 1.76 bits per heavy atom. The summed E-state index contributed by atoms with van der Waals surface area (Å²) in [4.78, 5) is 13.8. The van der Waals surface area contributed by atoms with Crippen molar-refractivity contribution in [1.29, 1.82) is 0 Å². The highest BCUT2D eigenvalue weighted by molar-refractivity contribution is 7.98. The number of nitrogens with zero attached hydrogens (tertiary/aromatic N) is 6. The number of hydrogen-bond donors (Lipinski definition) is 0. The molecule has 0 saturated heterocycles. The number of rotatable bonds is 6. The molecule has 0 amide bonds. The molecule has 0 aliphatic rings. The van der Waals surface area contributed by atoms with E-state index in [1.807, 2.05) is 80.2 Å². The van der Waals surface area contributed by atoms with Crippen LogP contribution in [0.3, 0.4) is 0 Å². The smallest absolute Gasteiger partial charge is 0.296 e. The number of hydrogen-bond acceptors (Lipinski definition) is 6. The van der Waals surface area contributed by atoms with Crippen molar-refractivity contribution in [3.8, 4) is 22.8 Å². The van der Waals surface area contributed by atoms with Gasteiger partial charge in [0.05, 0.1) is 27.9 Å². The molecule has 5 aromatic rings. The molecule has 0 bridgehead atoms. The first-order chi connectivity index (χ1) is 16.5. The zero-order chi connectivity index (χ0) is 23.8. The molecule has 34 heavy (non-hydrogen) atoms. The minimum absolute atomic E-state index is 0.184. The van der Waals surface area contributed by atoms with Gasteiger partial charge in [-0.1, -0.05) is 58.9 Å². The first-order valence-corrected chi connectivity index (χ1v) is 11.9. The predicted octanol–water partition coefficient (Wildman–Crippen LogP) is 4.97. The lowest BCUT2D eigenvalue weighted by Crippen LogP contribution is -2.21. The number of halogens is 1. The number of benzene rings is 2. The Bertz CT molecular complexity index is 1530. The average Bonchev–Trinajstić information content (AvgIpc) is 3.50. The van der Waals surface area contributed by atoms with Crippen molar-refractivity contribution < 1.29 is 4.52 Å². The molecule has 5 rings (SSSR count). The molecule has 0 atom stereocenters. The molecule has 0 unspecified atom stereocenters. The van der Waals surface area contributed by atoms with E-state index in [1.165, 1.54) is 11.8 Å². The molecule has 10 heteroatoms. The lowest BCUT2D eigenvalue weighted by atomic mass is 10.2. The van der Waals surface area contributed by atoms with Crippen LogP contribution in [-0.2, 0) is 12.8 Å². The molecule has 2 aromatic carbocycles. The van der Waals surface area contributed by atoms with Gasteiger partial charge < -0.3 is 4.52 Å². The monoisotopic (exact) mass is 492 g/mol. The first kappa shape index (κ1) is 22.2. The van der Waals surface area contributed by atoms with E-state index in [0.29, 0.717) is 38.8 Å². The van der Waals surface area contributed by atoms with Gasteiger partial charge in [-0.15, -0.1) is 10.2 Å². The van der Waals surface area contributed by atoms with Crippen molar-refractivity contribution in [2.75, 3.05) is 0 Å². The van der Waals surface area contributed by atoms with E-state index in [4.69, 9.17) is 16.1 Å². The molecule has 0 aliphatic heterocycles. The molecule has 3 heterocycles. The third kappa shape index (κ3) is 3.86. The molecule has 3 aromatic heterocycles. The molecular weight excluding hydrogens is 472 g/mol. The summed E-state index contributed by atoms with van der Waals surface area (Å²) in [6.45, 7) is 3.77. The normalized spacial score (nSPS) is 11.3. The van der Waals surface area contributed by atoms with Crippen LogP contribution in [0.4, 0.5) is 0 Å². The summed E-state index contributed by atoms with van der Waals surface area (Å²) in [7, 11) is 1.86. The van der Waals surface area contributed by atoms with Crippen molar-refractivity contribution in [2.24, 2.45) is 7.05 Å². The number of thioether (sulfide) groups is 1. The maximum Gasteiger partial charge on any atom is 0.296 e. The average molecular weight is 493 g/mol. The Hall–Kier alpha value is -3.56.